The van der Waals surface area contributed by atoms with Crippen LogP contribution in [0.4, 0.5) is 17.1 Å². The van der Waals surface area contributed by atoms with Crippen LogP contribution in [0.1, 0.15) is 0 Å². The van der Waals surface area contributed by atoms with E-state index in [4.69, 9.17) is 17.3 Å². The first-order valence-corrected chi connectivity index (χ1v) is 7.17. The summed E-state index contributed by atoms with van der Waals surface area (Å²) < 4.78 is 0.938. The van der Waals surface area contributed by atoms with Crippen LogP contribution >= 0.6 is 27.5 Å². The Morgan fingerprint density at radius 3 is 2.70 bits per heavy atom. The molecule has 5 heteroatoms. The van der Waals surface area contributed by atoms with Crippen molar-refractivity contribution in [1.82, 2.24) is 4.98 Å². The lowest BCUT2D eigenvalue weighted by Gasteiger charge is -2.12. The number of anilines is 3. The van der Waals surface area contributed by atoms with Crippen LogP contribution in [0.2, 0.25) is 5.02 Å². The van der Waals surface area contributed by atoms with Gasteiger partial charge < -0.3 is 11.1 Å². The van der Waals surface area contributed by atoms with E-state index in [0.29, 0.717) is 10.7 Å². The van der Waals surface area contributed by atoms with Crippen LogP contribution in [0.5, 0.6) is 0 Å². The number of pyridine rings is 1. The number of nitrogens with two attached hydrogens (primary N) is 1. The Balaban J connectivity index is 2.09. The quantitative estimate of drug-likeness (QED) is 0.642. The summed E-state index contributed by atoms with van der Waals surface area (Å²) in [7, 11) is 0. The molecule has 0 atom stereocenters. The van der Waals surface area contributed by atoms with Gasteiger partial charge in [-0.05, 0) is 42.5 Å². The Kier molecular flexibility index (Phi) is 3.51. The predicted octanol–water partition coefficient (Wildman–Crippen LogP) is 4.98. The third-order valence-electron chi connectivity index (χ3n) is 3.00. The van der Waals surface area contributed by atoms with Gasteiger partial charge in [-0.15, -0.1) is 0 Å². The number of fused-ring (bicyclic) bond motifs is 1. The summed E-state index contributed by atoms with van der Waals surface area (Å²) in [4.78, 5) is 4.39. The second kappa shape index (κ2) is 5.31. The van der Waals surface area contributed by atoms with Gasteiger partial charge in [-0.3, -0.25) is 4.98 Å². The Morgan fingerprint density at radius 2 is 1.90 bits per heavy atom. The molecule has 100 valence electrons. The second-order valence-electron chi connectivity index (χ2n) is 4.35. The standard InChI is InChI=1S/C15H11BrClN3/c16-9-3-5-13(11(17)8-9)20-14-6-4-12(18)10-2-1-7-19-15(10)14/h1-8,20H,18H2. The van der Waals surface area contributed by atoms with Crippen LogP contribution < -0.4 is 11.1 Å². The van der Waals surface area contributed by atoms with E-state index in [1.807, 2.05) is 42.5 Å². The molecule has 1 aromatic heterocycles. The van der Waals surface area contributed by atoms with E-state index in [1.54, 1.807) is 6.20 Å². The normalized spacial score (nSPS) is 10.7. The van der Waals surface area contributed by atoms with Crippen molar-refractivity contribution in [3.8, 4) is 0 Å². The number of halogens is 2. The molecule has 2 aromatic carbocycles. The van der Waals surface area contributed by atoms with Crippen molar-refractivity contribution in [2.45, 2.75) is 0 Å². The first-order chi connectivity index (χ1) is 9.65. The summed E-state index contributed by atoms with van der Waals surface area (Å²) in [5.74, 6) is 0. The van der Waals surface area contributed by atoms with Gasteiger partial charge in [0.05, 0.1) is 21.9 Å². The highest BCUT2D eigenvalue weighted by molar-refractivity contribution is 9.10. The topological polar surface area (TPSA) is 50.9 Å². The van der Waals surface area contributed by atoms with E-state index in [0.717, 1.165) is 26.8 Å². The smallest absolute Gasteiger partial charge is 0.0957 e. The Bertz CT molecular complexity index is 789. The molecule has 1 heterocycles. The van der Waals surface area contributed by atoms with Gasteiger partial charge in [0.1, 0.15) is 0 Å². The molecule has 0 aliphatic heterocycles. The third-order valence-corrected chi connectivity index (χ3v) is 3.81. The van der Waals surface area contributed by atoms with Gasteiger partial charge in [0.2, 0.25) is 0 Å². The molecule has 0 unspecified atom stereocenters. The lowest BCUT2D eigenvalue weighted by molar-refractivity contribution is 1.40. The lowest BCUT2D eigenvalue weighted by atomic mass is 10.1. The van der Waals surface area contributed by atoms with E-state index in [9.17, 15) is 0 Å². The molecule has 0 radical (unpaired) electrons. The van der Waals surface area contributed by atoms with Crippen LogP contribution in [-0.4, -0.2) is 4.98 Å². The van der Waals surface area contributed by atoms with E-state index in [2.05, 4.69) is 26.2 Å². The van der Waals surface area contributed by atoms with Gasteiger partial charge in [-0.1, -0.05) is 27.5 Å². The number of aromatic nitrogens is 1. The molecule has 0 amide bonds. The maximum atomic E-state index is 6.22. The van der Waals surface area contributed by atoms with Gasteiger partial charge in [0.15, 0.2) is 0 Å². The first kappa shape index (κ1) is 13.2. The molecule has 3 nitrogen and oxygen atoms in total. The predicted molar refractivity (Wildman–Crippen MR) is 88.6 cm³/mol. The molecule has 0 aliphatic carbocycles. The number of hydrogen-bond acceptors (Lipinski definition) is 3. The molecule has 0 saturated carbocycles. The van der Waals surface area contributed by atoms with Crippen molar-refractivity contribution in [1.29, 1.82) is 0 Å². The molecule has 3 N–H and O–H groups in total. The fourth-order valence-corrected chi connectivity index (χ4v) is 2.75. The van der Waals surface area contributed by atoms with Crippen molar-refractivity contribution in [3.63, 3.8) is 0 Å². The number of rotatable bonds is 2. The minimum atomic E-state index is 0.639. The summed E-state index contributed by atoms with van der Waals surface area (Å²) in [6, 6.07) is 13.3. The monoisotopic (exact) mass is 347 g/mol. The molecular formula is C15H11BrClN3. The Morgan fingerprint density at radius 1 is 1.10 bits per heavy atom. The van der Waals surface area contributed by atoms with Gasteiger partial charge in [-0.2, -0.15) is 0 Å². The number of benzene rings is 2. The zero-order chi connectivity index (χ0) is 14.1. The number of hydrogen-bond donors (Lipinski definition) is 2. The van der Waals surface area contributed by atoms with Gasteiger partial charge >= 0.3 is 0 Å². The maximum Gasteiger partial charge on any atom is 0.0957 e. The molecular weight excluding hydrogens is 338 g/mol. The van der Waals surface area contributed by atoms with Crippen LogP contribution in [0.15, 0.2) is 53.1 Å². The first-order valence-electron chi connectivity index (χ1n) is 6.00. The molecule has 20 heavy (non-hydrogen) atoms. The Labute approximate surface area is 129 Å². The van der Waals surface area contributed by atoms with Gasteiger partial charge in [0.25, 0.3) is 0 Å². The van der Waals surface area contributed by atoms with Crippen molar-refractivity contribution in [2.75, 3.05) is 11.1 Å². The highest BCUT2D eigenvalue weighted by Gasteiger charge is 2.07. The summed E-state index contributed by atoms with van der Waals surface area (Å²) >= 11 is 9.61. The molecule has 0 bridgehead atoms. The van der Waals surface area contributed by atoms with Crippen LogP contribution in [-0.2, 0) is 0 Å². The van der Waals surface area contributed by atoms with Crippen LogP contribution in [0.25, 0.3) is 10.9 Å². The van der Waals surface area contributed by atoms with Gasteiger partial charge in [0, 0.05) is 21.7 Å². The molecule has 3 rings (SSSR count). The fourth-order valence-electron chi connectivity index (χ4n) is 2.03. The lowest BCUT2D eigenvalue weighted by Crippen LogP contribution is -1.96. The SMILES string of the molecule is Nc1ccc(Nc2ccc(Br)cc2Cl)c2ncccc12. The van der Waals surface area contributed by atoms with E-state index >= 15 is 0 Å². The van der Waals surface area contributed by atoms with Crippen molar-refractivity contribution >= 4 is 55.5 Å². The van der Waals surface area contributed by atoms with E-state index < -0.39 is 0 Å². The van der Waals surface area contributed by atoms with Crippen molar-refractivity contribution < 1.29 is 0 Å². The molecule has 0 spiro atoms. The summed E-state index contributed by atoms with van der Waals surface area (Å²) in [5, 5.41) is 4.86. The molecule has 0 aliphatic rings. The van der Waals surface area contributed by atoms with E-state index in [1.165, 1.54) is 0 Å². The highest BCUT2D eigenvalue weighted by atomic mass is 79.9. The second-order valence-corrected chi connectivity index (χ2v) is 5.67. The van der Waals surface area contributed by atoms with Crippen LogP contribution in [0.3, 0.4) is 0 Å². The Hall–Kier alpha value is -1.78. The summed E-state index contributed by atoms with van der Waals surface area (Å²) in [6.45, 7) is 0. The minimum Gasteiger partial charge on any atom is -0.398 e. The largest absolute Gasteiger partial charge is 0.398 e. The molecule has 0 saturated heterocycles. The van der Waals surface area contributed by atoms with E-state index in [-0.39, 0.29) is 0 Å². The van der Waals surface area contributed by atoms with Crippen molar-refractivity contribution in [2.24, 2.45) is 0 Å². The van der Waals surface area contributed by atoms with Crippen LogP contribution in [0, 0.1) is 0 Å². The average Bonchev–Trinajstić information content (AvgIpc) is 2.45. The highest BCUT2D eigenvalue weighted by Crippen LogP contribution is 2.32. The fraction of sp³-hybridized carbons (Fsp3) is 0. The average molecular weight is 349 g/mol. The number of nitrogens with zero attached hydrogens (tertiary/aromatic N) is 1. The summed E-state index contributed by atoms with van der Waals surface area (Å²) in [5.41, 5.74) is 9.20. The van der Waals surface area contributed by atoms with Gasteiger partial charge in [-0.25, -0.2) is 0 Å². The number of nitrogen functional groups attached to an aromatic ring is 1. The number of nitrogens with one attached hydrogen (secondary N) is 1. The summed E-state index contributed by atoms with van der Waals surface area (Å²) in [6.07, 6.45) is 1.75. The minimum absolute atomic E-state index is 0.639. The molecule has 3 aromatic rings. The zero-order valence-corrected chi connectivity index (χ0v) is 12.7. The maximum absolute atomic E-state index is 6.22. The third kappa shape index (κ3) is 2.44. The molecule has 0 fully saturated rings. The zero-order valence-electron chi connectivity index (χ0n) is 10.4. The van der Waals surface area contributed by atoms with Crippen molar-refractivity contribution in [3.05, 3.63) is 58.2 Å².